The molecule has 4 aromatic heterocycles. The third kappa shape index (κ3) is 5.98. The van der Waals surface area contributed by atoms with Crippen LogP contribution in [-0.4, -0.2) is 61.2 Å². The minimum Gasteiger partial charge on any atom is -0.325 e. The first-order valence-electron chi connectivity index (χ1n) is 15.3. The third-order valence-electron chi connectivity index (χ3n) is 8.39. The van der Waals surface area contributed by atoms with Crippen LogP contribution in [0.1, 0.15) is 43.5 Å². The highest BCUT2D eigenvalue weighted by Crippen LogP contribution is 2.44. The SMILES string of the molecule is CN1c2ccc(CNCCCCCCCNCc3ccc4c(n3)N(C)c3cccnc3N4C)nc2N(C)c2cccnc21. The van der Waals surface area contributed by atoms with Gasteiger partial charge in [-0.1, -0.05) is 19.3 Å². The van der Waals surface area contributed by atoms with Crippen LogP contribution in [0.4, 0.5) is 46.0 Å². The Morgan fingerprint density at radius 1 is 0.488 bits per heavy atom. The summed E-state index contributed by atoms with van der Waals surface area (Å²) >= 11 is 0. The van der Waals surface area contributed by atoms with Crippen molar-refractivity contribution in [2.75, 3.05) is 60.9 Å². The van der Waals surface area contributed by atoms with Gasteiger partial charge in [0.15, 0.2) is 23.3 Å². The molecule has 6 heterocycles. The Bertz CT molecular complexity index is 1440. The lowest BCUT2D eigenvalue weighted by molar-refractivity contribution is 0.552. The fourth-order valence-corrected chi connectivity index (χ4v) is 5.91. The van der Waals surface area contributed by atoms with E-state index in [-0.39, 0.29) is 0 Å². The number of pyridine rings is 4. The van der Waals surface area contributed by atoms with Gasteiger partial charge in [-0.25, -0.2) is 19.9 Å². The van der Waals surface area contributed by atoms with Crippen LogP contribution in [0.15, 0.2) is 60.9 Å². The van der Waals surface area contributed by atoms with E-state index in [0.29, 0.717) is 0 Å². The third-order valence-corrected chi connectivity index (χ3v) is 8.39. The van der Waals surface area contributed by atoms with E-state index in [0.717, 1.165) is 83.6 Å². The second-order valence-electron chi connectivity index (χ2n) is 11.3. The van der Waals surface area contributed by atoms with Gasteiger partial charge in [0.1, 0.15) is 0 Å². The fourth-order valence-electron chi connectivity index (χ4n) is 5.91. The second-order valence-corrected chi connectivity index (χ2v) is 11.3. The first kappa shape index (κ1) is 28.8. The van der Waals surface area contributed by atoms with Crippen molar-refractivity contribution in [3.8, 4) is 0 Å². The number of nitrogens with one attached hydrogen (secondary N) is 2. The maximum atomic E-state index is 4.95. The van der Waals surface area contributed by atoms with Crippen LogP contribution in [0.2, 0.25) is 0 Å². The first-order chi connectivity index (χ1) is 21.0. The van der Waals surface area contributed by atoms with Crippen LogP contribution in [0.25, 0.3) is 0 Å². The van der Waals surface area contributed by atoms with Gasteiger partial charge in [-0.05, 0) is 74.5 Å². The van der Waals surface area contributed by atoms with Crippen LogP contribution in [0, 0.1) is 0 Å². The van der Waals surface area contributed by atoms with Crippen molar-refractivity contribution in [1.82, 2.24) is 30.6 Å². The smallest absolute Gasteiger partial charge is 0.157 e. The van der Waals surface area contributed by atoms with E-state index in [1.165, 1.54) is 32.1 Å². The van der Waals surface area contributed by atoms with Gasteiger partial charge in [0, 0.05) is 53.7 Å². The average Bonchev–Trinajstić information content (AvgIpc) is 3.05. The molecule has 0 saturated heterocycles. The Kier molecular flexibility index (Phi) is 8.67. The van der Waals surface area contributed by atoms with E-state index < -0.39 is 0 Å². The molecule has 0 amide bonds. The number of rotatable bonds is 12. The molecule has 2 N–H and O–H groups in total. The first-order valence-corrected chi connectivity index (χ1v) is 15.3. The summed E-state index contributed by atoms with van der Waals surface area (Å²) in [4.78, 5) is 27.5. The summed E-state index contributed by atoms with van der Waals surface area (Å²) in [5, 5.41) is 7.16. The Morgan fingerprint density at radius 3 is 1.35 bits per heavy atom. The van der Waals surface area contributed by atoms with E-state index in [1.807, 2.05) is 24.5 Å². The fraction of sp³-hybridized carbons (Fsp3) is 0.394. The number of aromatic nitrogens is 4. The van der Waals surface area contributed by atoms with Gasteiger partial charge >= 0.3 is 0 Å². The van der Waals surface area contributed by atoms with Crippen molar-refractivity contribution >= 4 is 46.0 Å². The summed E-state index contributed by atoms with van der Waals surface area (Å²) in [5.41, 5.74) is 6.43. The van der Waals surface area contributed by atoms with Gasteiger partial charge in [0.05, 0.1) is 34.1 Å². The van der Waals surface area contributed by atoms with Crippen LogP contribution in [0.3, 0.4) is 0 Å². The standard InChI is InChI=1S/C33H42N10/c1-40-28-16-14-24(38-32(28)42(3)26-12-10-20-36-30(26)40)22-34-18-8-6-5-7-9-19-35-23-25-15-17-29-33(39-25)43(4)27-13-11-21-37-31(27)41(29)2/h10-17,20-21,34-35H,5-9,18-19,22-23H2,1-4H3. The molecule has 224 valence electrons. The van der Waals surface area contributed by atoms with E-state index in [1.54, 1.807) is 0 Å². The molecule has 0 saturated carbocycles. The molecule has 0 radical (unpaired) electrons. The van der Waals surface area contributed by atoms with Crippen molar-refractivity contribution in [3.05, 3.63) is 72.3 Å². The topological polar surface area (TPSA) is 88.6 Å². The predicted octanol–water partition coefficient (Wildman–Crippen LogP) is 5.79. The Morgan fingerprint density at radius 2 is 0.884 bits per heavy atom. The van der Waals surface area contributed by atoms with E-state index in [2.05, 4.69) is 105 Å². The summed E-state index contributed by atoms with van der Waals surface area (Å²) in [7, 11) is 8.22. The maximum absolute atomic E-state index is 4.95. The molecule has 4 aromatic rings. The normalized spacial score (nSPS) is 13.5. The molecule has 6 rings (SSSR count). The van der Waals surface area contributed by atoms with Crippen LogP contribution < -0.4 is 30.2 Å². The van der Waals surface area contributed by atoms with Gasteiger partial charge in [-0.15, -0.1) is 0 Å². The van der Waals surface area contributed by atoms with E-state index in [4.69, 9.17) is 9.97 Å². The van der Waals surface area contributed by atoms with Crippen LogP contribution in [-0.2, 0) is 13.1 Å². The molecule has 0 aliphatic carbocycles. The van der Waals surface area contributed by atoms with Gasteiger partial charge < -0.3 is 30.2 Å². The lowest BCUT2D eigenvalue weighted by Gasteiger charge is -2.34. The Hall–Kier alpha value is -4.28. The molecule has 0 unspecified atom stereocenters. The van der Waals surface area contributed by atoms with Crippen molar-refractivity contribution < 1.29 is 0 Å². The zero-order valence-corrected chi connectivity index (χ0v) is 25.7. The summed E-state index contributed by atoms with van der Waals surface area (Å²) in [5.74, 6) is 3.86. The molecule has 0 aromatic carbocycles. The molecular formula is C33H42N10. The predicted molar refractivity (Wildman–Crippen MR) is 176 cm³/mol. The van der Waals surface area contributed by atoms with Crippen LogP contribution in [0.5, 0.6) is 0 Å². The highest BCUT2D eigenvalue weighted by molar-refractivity contribution is 5.89. The molecule has 0 fully saturated rings. The van der Waals surface area contributed by atoms with Gasteiger partial charge in [-0.3, -0.25) is 0 Å². The number of unbranched alkanes of at least 4 members (excludes halogenated alkanes) is 4. The molecule has 10 nitrogen and oxygen atoms in total. The summed E-state index contributed by atoms with van der Waals surface area (Å²) in [6.45, 7) is 3.57. The lowest BCUT2D eigenvalue weighted by atomic mass is 10.1. The highest BCUT2D eigenvalue weighted by Gasteiger charge is 2.27. The number of hydrogen-bond donors (Lipinski definition) is 2. The zero-order valence-electron chi connectivity index (χ0n) is 25.7. The monoisotopic (exact) mass is 578 g/mol. The molecule has 0 spiro atoms. The maximum Gasteiger partial charge on any atom is 0.157 e. The summed E-state index contributed by atoms with van der Waals surface area (Å²) in [6.07, 6.45) is 9.77. The van der Waals surface area contributed by atoms with Crippen molar-refractivity contribution in [1.29, 1.82) is 0 Å². The largest absolute Gasteiger partial charge is 0.325 e. The molecular weight excluding hydrogens is 536 g/mol. The van der Waals surface area contributed by atoms with Gasteiger partial charge in [-0.2, -0.15) is 0 Å². The number of anilines is 8. The number of fused-ring (bicyclic) bond motifs is 4. The zero-order chi connectivity index (χ0) is 29.8. The van der Waals surface area contributed by atoms with Crippen molar-refractivity contribution in [3.63, 3.8) is 0 Å². The van der Waals surface area contributed by atoms with Gasteiger partial charge in [0.2, 0.25) is 0 Å². The van der Waals surface area contributed by atoms with Crippen molar-refractivity contribution in [2.24, 2.45) is 0 Å². The molecule has 0 atom stereocenters. The molecule has 43 heavy (non-hydrogen) atoms. The molecule has 10 heteroatoms. The minimum atomic E-state index is 0.779. The highest BCUT2D eigenvalue weighted by atomic mass is 15.3. The van der Waals surface area contributed by atoms with E-state index >= 15 is 0 Å². The lowest BCUT2D eigenvalue weighted by Crippen LogP contribution is -2.27. The minimum absolute atomic E-state index is 0.779. The Balaban J connectivity index is 0.859. The quantitative estimate of drug-likeness (QED) is 0.201. The number of nitrogens with zero attached hydrogens (tertiary/aromatic N) is 8. The van der Waals surface area contributed by atoms with Crippen LogP contribution >= 0.6 is 0 Å². The van der Waals surface area contributed by atoms with Crippen molar-refractivity contribution in [2.45, 2.75) is 45.2 Å². The molecule has 2 aliphatic heterocycles. The molecule has 0 bridgehead atoms. The van der Waals surface area contributed by atoms with Gasteiger partial charge in [0.25, 0.3) is 0 Å². The summed E-state index contributed by atoms with van der Waals surface area (Å²) < 4.78 is 0. The van der Waals surface area contributed by atoms with E-state index in [9.17, 15) is 0 Å². The molecule has 2 aliphatic rings. The average molecular weight is 579 g/mol. The Labute approximate surface area is 254 Å². The second kappa shape index (κ2) is 12.9. The number of hydrogen-bond acceptors (Lipinski definition) is 10. The summed E-state index contributed by atoms with van der Waals surface area (Å²) in [6, 6.07) is 16.7.